The lowest BCUT2D eigenvalue weighted by Gasteiger charge is -2.31. The van der Waals surface area contributed by atoms with Crippen molar-refractivity contribution in [1.29, 1.82) is 0 Å². The Hall–Kier alpha value is -0.990. The van der Waals surface area contributed by atoms with Crippen LogP contribution < -0.4 is 5.73 Å². The molecule has 1 aliphatic heterocycles. The lowest BCUT2D eigenvalue weighted by molar-refractivity contribution is 0.295. The lowest BCUT2D eigenvalue weighted by atomic mass is 9.91. The van der Waals surface area contributed by atoms with Crippen LogP contribution in [0.3, 0.4) is 0 Å². The molecular weight excluding hydrogens is 198 g/mol. The number of hydrogen-bond acceptors (Lipinski definition) is 1. The molecule has 2 fully saturated rings. The molecule has 0 aromatic rings. The Morgan fingerprint density at radius 2 is 2.19 bits per heavy atom. The topological polar surface area (TPSA) is 41.6 Å². The van der Waals surface area contributed by atoms with Crippen molar-refractivity contribution < 1.29 is 0 Å². The van der Waals surface area contributed by atoms with Crippen LogP contribution in [0.4, 0.5) is 0 Å². The van der Waals surface area contributed by atoms with E-state index in [0.29, 0.717) is 0 Å². The van der Waals surface area contributed by atoms with Gasteiger partial charge in [0.2, 0.25) is 0 Å². The first-order valence-electron chi connectivity index (χ1n) is 6.56. The summed E-state index contributed by atoms with van der Waals surface area (Å²) in [5, 5.41) is 0. The molecule has 1 saturated carbocycles. The summed E-state index contributed by atoms with van der Waals surface area (Å²) in [6.07, 6.45) is 10.1. The van der Waals surface area contributed by atoms with E-state index in [1.165, 1.54) is 25.7 Å². The van der Waals surface area contributed by atoms with Gasteiger partial charge in [0.1, 0.15) is 0 Å². The van der Waals surface area contributed by atoms with Crippen LogP contribution in [0.15, 0.2) is 17.1 Å². The second-order valence-corrected chi connectivity index (χ2v) is 5.41. The molecule has 88 valence electrons. The van der Waals surface area contributed by atoms with Gasteiger partial charge in [-0.05, 0) is 43.4 Å². The maximum atomic E-state index is 5.90. The number of allylic oxidation sites excluding steroid dienone is 2. The molecule has 1 unspecified atom stereocenters. The van der Waals surface area contributed by atoms with E-state index in [9.17, 15) is 0 Å². The fraction of sp³-hybridized carbons (Fsp3) is 0.769. The minimum atomic E-state index is 0.768. The summed E-state index contributed by atoms with van der Waals surface area (Å²) in [5.74, 6) is 3.38. The highest BCUT2D eigenvalue weighted by Crippen LogP contribution is 2.44. The standard InChI is InChI=1S/C13H21N3/c14-13(16-6-1-7-16)15-5-4-12-9-10-2-3-11(12)8-10/h2-3,10-12H,1,4-9H2,(H2,14,15)/t10-,11+,12?/m1/s1. The number of nitrogens with two attached hydrogens (primary N) is 1. The molecule has 3 heteroatoms. The molecule has 0 amide bonds. The Morgan fingerprint density at radius 1 is 1.31 bits per heavy atom. The van der Waals surface area contributed by atoms with Crippen molar-refractivity contribution >= 4 is 5.96 Å². The van der Waals surface area contributed by atoms with Gasteiger partial charge in [0.25, 0.3) is 0 Å². The molecule has 3 aliphatic rings. The first-order chi connectivity index (χ1) is 7.83. The van der Waals surface area contributed by atoms with Crippen molar-refractivity contribution in [2.24, 2.45) is 28.5 Å². The highest BCUT2D eigenvalue weighted by Gasteiger charge is 2.34. The van der Waals surface area contributed by atoms with Gasteiger partial charge >= 0.3 is 0 Å². The molecule has 0 spiro atoms. The number of nitrogens with zero attached hydrogens (tertiary/aromatic N) is 2. The van der Waals surface area contributed by atoms with Crippen molar-refractivity contribution in [3.63, 3.8) is 0 Å². The first kappa shape index (κ1) is 10.2. The first-order valence-corrected chi connectivity index (χ1v) is 6.56. The van der Waals surface area contributed by atoms with E-state index < -0.39 is 0 Å². The zero-order valence-electron chi connectivity index (χ0n) is 9.81. The average molecular weight is 219 g/mol. The van der Waals surface area contributed by atoms with Gasteiger partial charge in [-0.2, -0.15) is 0 Å². The molecule has 1 heterocycles. The predicted molar refractivity (Wildman–Crippen MR) is 66.1 cm³/mol. The summed E-state index contributed by atoms with van der Waals surface area (Å²) in [6, 6.07) is 0. The molecule has 3 atom stereocenters. The molecule has 1 saturated heterocycles. The number of aliphatic imine (C=N–C) groups is 1. The Bertz CT molecular complexity index is 317. The Morgan fingerprint density at radius 3 is 2.75 bits per heavy atom. The largest absolute Gasteiger partial charge is 0.370 e. The third-order valence-corrected chi connectivity index (χ3v) is 4.37. The van der Waals surface area contributed by atoms with E-state index in [1.54, 1.807) is 0 Å². The number of likely N-dealkylation sites (tertiary alicyclic amines) is 1. The number of hydrogen-bond donors (Lipinski definition) is 1. The van der Waals surface area contributed by atoms with Crippen LogP contribution in [0.1, 0.15) is 25.7 Å². The van der Waals surface area contributed by atoms with Crippen LogP contribution in [0.5, 0.6) is 0 Å². The van der Waals surface area contributed by atoms with Gasteiger partial charge in [0.05, 0.1) is 0 Å². The van der Waals surface area contributed by atoms with Gasteiger partial charge in [-0.3, -0.25) is 4.99 Å². The van der Waals surface area contributed by atoms with Crippen LogP contribution >= 0.6 is 0 Å². The van der Waals surface area contributed by atoms with Gasteiger partial charge < -0.3 is 10.6 Å². The monoisotopic (exact) mass is 219 g/mol. The Labute approximate surface area is 97.4 Å². The second-order valence-electron chi connectivity index (χ2n) is 5.41. The Kier molecular flexibility index (Phi) is 2.62. The highest BCUT2D eigenvalue weighted by atomic mass is 15.3. The van der Waals surface area contributed by atoms with E-state index in [-0.39, 0.29) is 0 Å². The van der Waals surface area contributed by atoms with E-state index in [1.807, 2.05) is 0 Å². The molecule has 0 aromatic carbocycles. The van der Waals surface area contributed by atoms with Crippen molar-refractivity contribution in [3.8, 4) is 0 Å². The Balaban J connectivity index is 1.45. The van der Waals surface area contributed by atoms with Crippen LogP contribution in [0, 0.1) is 17.8 Å². The number of rotatable bonds is 3. The normalized spacial score (nSPS) is 36.9. The van der Waals surface area contributed by atoms with E-state index in [2.05, 4.69) is 22.0 Å². The summed E-state index contributed by atoms with van der Waals surface area (Å²) in [6.45, 7) is 3.13. The quantitative estimate of drug-likeness (QED) is 0.445. The third-order valence-electron chi connectivity index (χ3n) is 4.37. The molecule has 0 radical (unpaired) electrons. The van der Waals surface area contributed by atoms with Gasteiger partial charge in [-0.15, -0.1) is 0 Å². The number of fused-ring (bicyclic) bond motifs is 2. The fourth-order valence-corrected chi connectivity index (χ4v) is 3.22. The lowest BCUT2D eigenvalue weighted by Crippen LogP contribution is -2.46. The molecule has 3 nitrogen and oxygen atoms in total. The second kappa shape index (κ2) is 4.11. The maximum absolute atomic E-state index is 5.90. The summed E-state index contributed by atoms with van der Waals surface area (Å²) in [7, 11) is 0. The van der Waals surface area contributed by atoms with Gasteiger partial charge in [0, 0.05) is 19.6 Å². The summed E-state index contributed by atoms with van der Waals surface area (Å²) < 4.78 is 0. The molecule has 16 heavy (non-hydrogen) atoms. The predicted octanol–water partition coefficient (Wildman–Crippen LogP) is 1.61. The van der Waals surface area contributed by atoms with E-state index in [4.69, 9.17) is 5.73 Å². The van der Waals surface area contributed by atoms with Gasteiger partial charge in [0.15, 0.2) is 5.96 Å². The van der Waals surface area contributed by atoms with Gasteiger partial charge in [-0.1, -0.05) is 12.2 Å². The molecule has 2 N–H and O–H groups in total. The minimum absolute atomic E-state index is 0.768. The third kappa shape index (κ3) is 1.83. The minimum Gasteiger partial charge on any atom is -0.370 e. The molecule has 0 aromatic heterocycles. The number of guanidine groups is 1. The van der Waals surface area contributed by atoms with Crippen molar-refractivity contribution in [2.75, 3.05) is 19.6 Å². The maximum Gasteiger partial charge on any atom is 0.191 e. The van der Waals surface area contributed by atoms with Crippen LogP contribution in [-0.2, 0) is 0 Å². The van der Waals surface area contributed by atoms with Crippen molar-refractivity contribution in [2.45, 2.75) is 25.7 Å². The van der Waals surface area contributed by atoms with Crippen LogP contribution in [0.2, 0.25) is 0 Å². The van der Waals surface area contributed by atoms with Crippen molar-refractivity contribution in [1.82, 2.24) is 4.90 Å². The average Bonchev–Trinajstić information content (AvgIpc) is 2.76. The zero-order valence-corrected chi connectivity index (χ0v) is 9.81. The fourth-order valence-electron chi connectivity index (χ4n) is 3.22. The summed E-state index contributed by atoms with van der Waals surface area (Å²) in [5.41, 5.74) is 5.90. The summed E-state index contributed by atoms with van der Waals surface area (Å²) >= 11 is 0. The van der Waals surface area contributed by atoms with E-state index >= 15 is 0 Å². The van der Waals surface area contributed by atoms with Crippen LogP contribution in [-0.4, -0.2) is 30.5 Å². The summed E-state index contributed by atoms with van der Waals surface area (Å²) in [4.78, 5) is 6.66. The van der Waals surface area contributed by atoms with Crippen LogP contribution in [0.25, 0.3) is 0 Å². The van der Waals surface area contributed by atoms with Gasteiger partial charge in [-0.25, -0.2) is 0 Å². The molecular formula is C13H21N3. The molecule has 2 aliphatic carbocycles. The SMILES string of the molecule is NC(=NCCC1C[C@@H]2C=C[C@H]1C2)N1CCC1. The van der Waals surface area contributed by atoms with E-state index in [0.717, 1.165) is 43.3 Å². The van der Waals surface area contributed by atoms with Crippen molar-refractivity contribution in [3.05, 3.63) is 12.2 Å². The molecule has 3 rings (SSSR count). The molecule has 2 bridgehead atoms. The highest BCUT2D eigenvalue weighted by molar-refractivity contribution is 5.78. The zero-order chi connectivity index (χ0) is 11.0. The smallest absolute Gasteiger partial charge is 0.191 e.